The number of fused-ring (bicyclic) bond motifs is 1. The lowest BCUT2D eigenvalue weighted by molar-refractivity contribution is -0.136. The lowest BCUT2D eigenvalue weighted by Gasteiger charge is -2.22. The van der Waals surface area contributed by atoms with E-state index in [1.807, 2.05) is 30.3 Å². The molecule has 0 unspecified atom stereocenters. The SMILES string of the molecule is CN(C)C(=O)[C@H](Oc1ccc2ccc(=O)oc2c1)c1ccccc1. The van der Waals surface area contributed by atoms with E-state index in [1.54, 1.807) is 38.4 Å². The molecule has 1 atom stereocenters. The van der Waals surface area contributed by atoms with Crippen LogP contribution in [-0.2, 0) is 4.79 Å². The quantitative estimate of drug-likeness (QED) is 0.693. The molecule has 2 aromatic carbocycles. The molecule has 0 fully saturated rings. The molecule has 5 nitrogen and oxygen atoms in total. The number of rotatable bonds is 4. The number of hydrogen-bond acceptors (Lipinski definition) is 4. The minimum atomic E-state index is -0.769. The number of ether oxygens (including phenoxy) is 1. The standard InChI is InChI=1S/C19H17NO4/c1-20(2)19(22)18(14-6-4-3-5-7-14)23-15-10-8-13-9-11-17(21)24-16(13)12-15/h3-12,18H,1-2H3/t18-/m1/s1. The minimum absolute atomic E-state index is 0.171. The molecule has 0 N–H and O–H groups in total. The summed E-state index contributed by atoms with van der Waals surface area (Å²) < 4.78 is 11.1. The van der Waals surface area contributed by atoms with Gasteiger partial charge in [-0.3, -0.25) is 4.79 Å². The highest BCUT2D eigenvalue weighted by Crippen LogP contribution is 2.26. The third-order valence-corrected chi connectivity index (χ3v) is 3.62. The van der Waals surface area contributed by atoms with Crippen molar-refractivity contribution in [2.24, 2.45) is 0 Å². The molecule has 1 aromatic heterocycles. The molecular formula is C19H17NO4. The van der Waals surface area contributed by atoms with Crippen molar-refractivity contribution in [3.63, 3.8) is 0 Å². The Morgan fingerprint density at radius 1 is 1.04 bits per heavy atom. The number of amides is 1. The first-order valence-corrected chi connectivity index (χ1v) is 7.51. The fourth-order valence-corrected chi connectivity index (χ4v) is 2.37. The highest BCUT2D eigenvalue weighted by molar-refractivity contribution is 5.83. The topological polar surface area (TPSA) is 59.8 Å². The molecule has 0 radical (unpaired) electrons. The van der Waals surface area contributed by atoms with Crippen LogP contribution < -0.4 is 10.4 Å². The number of carbonyl (C=O) groups is 1. The Morgan fingerprint density at radius 3 is 2.46 bits per heavy atom. The Balaban J connectivity index is 1.98. The van der Waals surface area contributed by atoms with Crippen molar-refractivity contribution in [1.82, 2.24) is 4.90 Å². The Kier molecular flexibility index (Phi) is 4.33. The molecule has 5 heteroatoms. The van der Waals surface area contributed by atoms with Gasteiger partial charge in [0, 0.05) is 37.2 Å². The van der Waals surface area contributed by atoms with E-state index in [0.717, 1.165) is 10.9 Å². The van der Waals surface area contributed by atoms with Crippen LogP contribution in [-0.4, -0.2) is 24.9 Å². The van der Waals surface area contributed by atoms with Gasteiger partial charge in [0.2, 0.25) is 6.10 Å². The van der Waals surface area contributed by atoms with E-state index in [-0.39, 0.29) is 5.91 Å². The summed E-state index contributed by atoms with van der Waals surface area (Å²) in [6.07, 6.45) is -0.769. The van der Waals surface area contributed by atoms with Crippen molar-refractivity contribution in [3.05, 3.63) is 76.6 Å². The number of carbonyl (C=O) groups excluding carboxylic acids is 1. The molecule has 0 saturated heterocycles. The lowest BCUT2D eigenvalue weighted by atomic mass is 10.1. The third-order valence-electron chi connectivity index (χ3n) is 3.62. The molecule has 0 aliphatic carbocycles. The predicted octanol–water partition coefficient (Wildman–Crippen LogP) is 3.00. The summed E-state index contributed by atoms with van der Waals surface area (Å²) >= 11 is 0. The van der Waals surface area contributed by atoms with Gasteiger partial charge in [-0.05, 0) is 18.2 Å². The summed E-state index contributed by atoms with van der Waals surface area (Å²) in [4.78, 5) is 25.3. The van der Waals surface area contributed by atoms with Gasteiger partial charge >= 0.3 is 5.63 Å². The highest BCUT2D eigenvalue weighted by Gasteiger charge is 2.24. The molecular weight excluding hydrogens is 306 g/mol. The second-order valence-electron chi connectivity index (χ2n) is 5.60. The summed E-state index contributed by atoms with van der Waals surface area (Å²) in [5, 5.41) is 0.789. The van der Waals surface area contributed by atoms with Gasteiger partial charge < -0.3 is 14.1 Å². The molecule has 0 bridgehead atoms. The number of nitrogens with zero attached hydrogens (tertiary/aromatic N) is 1. The molecule has 3 aromatic rings. The maximum Gasteiger partial charge on any atom is 0.336 e. The van der Waals surface area contributed by atoms with Gasteiger partial charge in [0.1, 0.15) is 11.3 Å². The van der Waals surface area contributed by atoms with Crippen molar-refractivity contribution in [2.45, 2.75) is 6.10 Å². The molecule has 24 heavy (non-hydrogen) atoms. The van der Waals surface area contributed by atoms with Crippen LogP contribution in [0.25, 0.3) is 11.0 Å². The first-order chi connectivity index (χ1) is 11.5. The molecule has 0 saturated carbocycles. The summed E-state index contributed by atoms with van der Waals surface area (Å²) in [5.41, 5.74) is 0.749. The average molecular weight is 323 g/mol. The predicted molar refractivity (Wildman–Crippen MR) is 91.0 cm³/mol. The van der Waals surface area contributed by atoms with E-state index < -0.39 is 11.7 Å². The Hall–Kier alpha value is -3.08. The van der Waals surface area contributed by atoms with Crippen LogP contribution in [0.2, 0.25) is 0 Å². The minimum Gasteiger partial charge on any atom is -0.476 e. The van der Waals surface area contributed by atoms with Crippen LogP contribution >= 0.6 is 0 Å². The molecule has 0 aliphatic rings. The monoisotopic (exact) mass is 323 g/mol. The normalized spacial score (nSPS) is 11.9. The zero-order valence-electron chi connectivity index (χ0n) is 13.4. The smallest absolute Gasteiger partial charge is 0.336 e. The number of benzene rings is 2. The summed E-state index contributed by atoms with van der Waals surface area (Å²) in [6.45, 7) is 0. The molecule has 0 aliphatic heterocycles. The van der Waals surface area contributed by atoms with Crippen LogP contribution in [0.1, 0.15) is 11.7 Å². The highest BCUT2D eigenvalue weighted by atomic mass is 16.5. The van der Waals surface area contributed by atoms with Crippen molar-refractivity contribution in [3.8, 4) is 5.75 Å². The largest absolute Gasteiger partial charge is 0.476 e. The molecule has 3 rings (SSSR count). The fourth-order valence-electron chi connectivity index (χ4n) is 2.37. The summed E-state index contributed by atoms with van der Waals surface area (Å²) in [6, 6.07) is 17.5. The van der Waals surface area contributed by atoms with E-state index >= 15 is 0 Å². The Labute approximate surface area is 139 Å². The van der Waals surface area contributed by atoms with Gasteiger partial charge in [-0.2, -0.15) is 0 Å². The third kappa shape index (κ3) is 3.30. The second kappa shape index (κ2) is 6.58. The van der Waals surface area contributed by atoms with Crippen molar-refractivity contribution >= 4 is 16.9 Å². The van der Waals surface area contributed by atoms with E-state index in [2.05, 4.69) is 0 Å². The molecule has 122 valence electrons. The van der Waals surface area contributed by atoms with Crippen molar-refractivity contribution in [1.29, 1.82) is 0 Å². The average Bonchev–Trinajstić information content (AvgIpc) is 2.59. The Morgan fingerprint density at radius 2 is 1.75 bits per heavy atom. The lowest BCUT2D eigenvalue weighted by Crippen LogP contribution is -2.31. The Bertz CT molecular complexity index is 915. The van der Waals surface area contributed by atoms with Crippen LogP contribution in [0, 0.1) is 0 Å². The van der Waals surface area contributed by atoms with E-state index in [0.29, 0.717) is 11.3 Å². The van der Waals surface area contributed by atoms with E-state index in [1.165, 1.54) is 11.0 Å². The van der Waals surface area contributed by atoms with Gasteiger partial charge in [-0.1, -0.05) is 30.3 Å². The van der Waals surface area contributed by atoms with Crippen molar-refractivity contribution in [2.75, 3.05) is 14.1 Å². The maximum absolute atomic E-state index is 12.5. The van der Waals surface area contributed by atoms with Gasteiger partial charge in [0.05, 0.1) is 0 Å². The molecule has 1 heterocycles. The van der Waals surface area contributed by atoms with Crippen LogP contribution in [0.5, 0.6) is 5.75 Å². The van der Waals surface area contributed by atoms with Crippen LogP contribution in [0.4, 0.5) is 0 Å². The second-order valence-corrected chi connectivity index (χ2v) is 5.60. The van der Waals surface area contributed by atoms with Crippen LogP contribution in [0.15, 0.2) is 69.9 Å². The van der Waals surface area contributed by atoms with Gasteiger partial charge in [-0.15, -0.1) is 0 Å². The molecule has 0 spiro atoms. The molecule has 1 amide bonds. The number of hydrogen-bond donors (Lipinski definition) is 0. The van der Waals surface area contributed by atoms with E-state index in [4.69, 9.17) is 9.15 Å². The summed E-state index contributed by atoms with van der Waals surface area (Å²) in [5.74, 6) is 0.289. The number of likely N-dealkylation sites (N-methyl/N-ethyl adjacent to an activating group) is 1. The first-order valence-electron chi connectivity index (χ1n) is 7.51. The zero-order chi connectivity index (χ0) is 17.1. The van der Waals surface area contributed by atoms with Crippen molar-refractivity contribution < 1.29 is 13.9 Å². The fraction of sp³-hybridized carbons (Fsp3) is 0.158. The van der Waals surface area contributed by atoms with Gasteiger partial charge in [-0.25, -0.2) is 4.79 Å². The first kappa shape index (κ1) is 15.8. The zero-order valence-corrected chi connectivity index (χ0v) is 13.4. The van der Waals surface area contributed by atoms with Gasteiger partial charge in [0.25, 0.3) is 5.91 Å². The summed E-state index contributed by atoms with van der Waals surface area (Å²) in [7, 11) is 3.36. The maximum atomic E-state index is 12.5. The van der Waals surface area contributed by atoms with Crippen LogP contribution in [0.3, 0.4) is 0 Å². The van der Waals surface area contributed by atoms with E-state index in [9.17, 15) is 9.59 Å². The van der Waals surface area contributed by atoms with Gasteiger partial charge in [0.15, 0.2) is 0 Å².